The zero-order chi connectivity index (χ0) is 13.7. The lowest BCUT2D eigenvalue weighted by atomic mass is 9.84. The molecule has 0 aliphatic carbocycles. The van der Waals surface area contributed by atoms with Gasteiger partial charge in [0.15, 0.2) is 3.92 Å². The van der Waals surface area contributed by atoms with Crippen molar-refractivity contribution in [2.75, 3.05) is 6.61 Å². The van der Waals surface area contributed by atoms with Gasteiger partial charge in [0.2, 0.25) is 0 Å². The molecule has 2 atom stereocenters. The van der Waals surface area contributed by atoms with Crippen molar-refractivity contribution in [2.24, 2.45) is 0 Å². The van der Waals surface area contributed by atoms with Crippen LogP contribution in [0.25, 0.3) is 0 Å². The van der Waals surface area contributed by atoms with Gasteiger partial charge >= 0.3 is 0 Å². The van der Waals surface area contributed by atoms with E-state index in [9.17, 15) is 10.4 Å². The molecule has 2 aromatic rings. The van der Waals surface area contributed by atoms with Crippen molar-refractivity contribution in [2.45, 2.75) is 18.3 Å². The van der Waals surface area contributed by atoms with E-state index in [0.717, 1.165) is 14.4 Å². The highest BCUT2D eigenvalue weighted by molar-refractivity contribution is 9.11. The lowest BCUT2D eigenvalue weighted by Gasteiger charge is -2.20. The smallest absolute Gasteiger partial charge is 0.159 e. The predicted molar refractivity (Wildman–Crippen MR) is 79.1 cm³/mol. The first-order valence-electron chi connectivity index (χ1n) is 5.93. The van der Waals surface area contributed by atoms with E-state index < -0.39 is 0 Å². The Morgan fingerprint density at radius 2 is 2.11 bits per heavy atom. The lowest BCUT2D eigenvalue weighted by molar-refractivity contribution is 0.273. The molecule has 19 heavy (non-hydrogen) atoms. The van der Waals surface area contributed by atoms with Gasteiger partial charge in [-0.3, -0.25) is 0 Å². The van der Waals surface area contributed by atoms with E-state index in [1.165, 1.54) is 11.3 Å². The van der Waals surface area contributed by atoms with Crippen LogP contribution in [0, 0.1) is 11.3 Å². The van der Waals surface area contributed by atoms with Crippen molar-refractivity contribution in [1.82, 2.24) is 4.98 Å². The topological polar surface area (TPSA) is 56.9 Å². The number of aliphatic hydroxyl groups is 1. The van der Waals surface area contributed by atoms with Crippen LogP contribution in [-0.4, -0.2) is 16.7 Å². The fraction of sp³-hybridized carbons (Fsp3) is 0.286. The molecule has 1 heterocycles. The molecule has 0 aliphatic heterocycles. The van der Waals surface area contributed by atoms with Crippen LogP contribution in [-0.2, 0) is 0 Å². The van der Waals surface area contributed by atoms with Crippen LogP contribution in [0.3, 0.4) is 0 Å². The Balaban J connectivity index is 2.34. The van der Waals surface area contributed by atoms with Crippen LogP contribution in [0.1, 0.15) is 28.7 Å². The highest BCUT2D eigenvalue weighted by Gasteiger charge is 2.26. The third kappa shape index (κ3) is 3.41. The van der Waals surface area contributed by atoms with E-state index in [1.54, 1.807) is 6.20 Å². The molecule has 1 N–H and O–H groups in total. The second-order valence-electron chi connectivity index (χ2n) is 4.15. The average Bonchev–Trinajstić information content (AvgIpc) is 2.86. The minimum atomic E-state index is -0.263. The van der Waals surface area contributed by atoms with Gasteiger partial charge in [-0.15, -0.1) is 11.3 Å². The first kappa shape index (κ1) is 14.2. The Bertz CT molecular complexity index is 564. The Kier molecular flexibility index (Phi) is 5.08. The van der Waals surface area contributed by atoms with E-state index in [1.807, 2.05) is 30.3 Å². The van der Waals surface area contributed by atoms with Crippen molar-refractivity contribution in [3.63, 3.8) is 0 Å². The van der Waals surface area contributed by atoms with Crippen LogP contribution in [0.4, 0.5) is 0 Å². The number of halogens is 1. The number of nitrogens with zero attached hydrogens (tertiary/aromatic N) is 2. The first-order valence-corrected chi connectivity index (χ1v) is 7.54. The predicted octanol–water partition coefficient (Wildman–Crippen LogP) is 3.68. The van der Waals surface area contributed by atoms with Crippen LogP contribution in [0.5, 0.6) is 0 Å². The number of hydrogen-bond donors (Lipinski definition) is 1. The van der Waals surface area contributed by atoms with Crippen LogP contribution in [0.15, 0.2) is 40.4 Å². The van der Waals surface area contributed by atoms with Gasteiger partial charge in [-0.05, 0) is 27.9 Å². The van der Waals surface area contributed by atoms with E-state index >= 15 is 0 Å². The average molecular weight is 337 g/mol. The monoisotopic (exact) mass is 336 g/mol. The zero-order valence-electron chi connectivity index (χ0n) is 10.2. The Labute approximate surface area is 124 Å². The lowest BCUT2D eigenvalue weighted by Crippen LogP contribution is -2.10. The van der Waals surface area contributed by atoms with Crippen molar-refractivity contribution >= 4 is 27.3 Å². The summed E-state index contributed by atoms with van der Waals surface area (Å²) >= 11 is 4.86. The minimum Gasteiger partial charge on any atom is -0.396 e. The minimum absolute atomic E-state index is 0.0267. The quantitative estimate of drug-likeness (QED) is 0.905. The maximum Gasteiger partial charge on any atom is 0.159 e. The molecule has 98 valence electrons. The Morgan fingerprint density at radius 1 is 1.37 bits per heavy atom. The van der Waals surface area contributed by atoms with Crippen LogP contribution < -0.4 is 0 Å². The Morgan fingerprint density at radius 3 is 2.63 bits per heavy atom. The molecule has 0 bridgehead atoms. The molecule has 0 aliphatic rings. The molecule has 3 nitrogen and oxygen atoms in total. The third-order valence-corrected chi connectivity index (χ3v) is 4.61. The van der Waals surface area contributed by atoms with E-state index in [2.05, 4.69) is 27.0 Å². The Hall–Kier alpha value is -1.22. The first-order chi connectivity index (χ1) is 9.26. The van der Waals surface area contributed by atoms with Crippen molar-refractivity contribution < 1.29 is 5.11 Å². The summed E-state index contributed by atoms with van der Waals surface area (Å²) in [5, 5.41) is 18.7. The summed E-state index contributed by atoms with van der Waals surface area (Å²) < 4.78 is 0.801. The summed E-state index contributed by atoms with van der Waals surface area (Å²) in [5.74, 6) is -0.290. The second kappa shape index (κ2) is 6.80. The molecule has 0 radical (unpaired) electrons. The number of hydrogen-bond acceptors (Lipinski definition) is 4. The standard InChI is InChI=1S/C14H13BrN2OS/c15-14-17-9-13(19-14)11(6-7-18)12(8-16)10-4-2-1-3-5-10/h1-5,9,11-12,18H,6-7H2/t11-,12+/m1/s1. The maximum absolute atomic E-state index is 9.49. The summed E-state index contributed by atoms with van der Waals surface area (Å²) in [6.45, 7) is 0.0607. The molecule has 1 aromatic heterocycles. The van der Waals surface area contributed by atoms with Gasteiger partial charge in [0.1, 0.15) is 0 Å². The summed E-state index contributed by atoms with van der Waals surface area (Å²) in [6.07, 6.45) is 2.34. The number of aromatic nitrogens is 1. The van der Waals surface area contributed by atoms with Gasteiger partial charge < -0.3 is 5.11 Å². The molecule has 0 fully saturated rings. The number of rotatable bonds is 5. The molecule has 0 spiro atoms. The fourth-order valence-corrected chi connectivity index (χ4v) is 3.58. The summed E-state index contributed by atoms with van der Waals surface area (Å²) in [6, 6.07) is 12.1. The summed E-state index contributed by atoms with van der Waals surface area (Å²) in [4.78, 5) is 5.20. The van der Waals surface area contributed by atoms with Crippen molar-refractivity contribution in [1.29, 1.82) is 5.26 Å². The molecule has 0 amide bonds. The summed E-state index contributed by atoms with van der Waals surface area (Å²) in [7, 11) is 0. The van der Waals surface area contributed by atoms with E-state index in [4.69, 9.17) is 0 Å². The van der Waals surface area contributed by atoms with Crippen LogP contribution in [0.2, 0.25) is 0 Å². The highest BCUT2D eigenvalue weighted by Crippen LogP contribution is 2.38. The zero-order valence-corrected chi connectivity index (χ0v) is 12.6. The molecule has 2 rings (SSSR count). The van der Waals surface area contributed by atoms with Crippen LogP contribution >= 0.6 is 27.3 Å². The van der Waals surface area contributed by atoms with Gasteiger partial charge in [0.25, 0.3) is 0 Å². The molecule has 5 heteroatoms. The molecule has 0 saturated carbocycles. The number of thiazole rings is 1. The normalized spacial score (nSPS) is 13.7. The van der Waals surface area contributed by atoms with E-state index in [-0.39, 0.29) is 18.4 Å². The molecular weight excluding hydrogens is 324 g/mol. The maximum atomic E-state index is 9.49. The molecule has 0 saturated heterocycles. The largest absolute Gasteiger partial charge is 0.396 e. The van der Waals surface area contributed by atoms with Gasteiger partial charge in [0, 0.05) is 23.6 Å². The van der Waals surface area contributed by atoms with Gasteiger partial charge in [0.05, 0.1) is 12.0 Å². The van der Waals surface area contributed by atoms with E-state index in [0.29, 0.717) is 6.42 Å². The summed E-state index contributed by atoms with van der Waals surface area (Å²) in [5.41, 5.74) is 0.980. The number of aliphatic hydroxyl groups excluding tert-OH is 1. The van der Waals surface area contributed by atoms with Gasteiger partial charge in [-0.2, -0.15) is 5.26 Å². The number of benzene rings is 1. The molecule has 1 aromatic carbocycles. The SMILES string of the molecule is N#C[C@@H](c1ccccc1)[C@@H](CCO)c1cnc(Br)s1. The molecule has 0 unspecified atom stereocenters. The highest BCUT2D eigenvalue weighted by atomic mass is 79.9. The molecular formula is C14H13BrN2OS. The second-order valence-corrected chi connectivity index (χ2v) is 6.49. The van der Waals surface area contributed by atoms with Crippen molar-refractivity contribution in [3.8, 4) is 6.07 Å². The van der Waals surface area contributed by atoms with Gasteiger partial charge in [-0.25, -0.2) is 4.98 Å². The van der Waals surface area contributed by atoms with Crippen molar-refractivity contribution in [3.05, 3.63) is 50.9 Å². The number of nitriles is 1. The van der Waals surface area contributed by atoms with Gasteiger partial charge in [-0.1, -0.05) is 30.3 Å². The third-order valence-electron chi connectivity index (χ3n) is 3.00. The fourth-order valence-electron chi connectivity index (χ4n) is 2.11.